The number of carbonyl (C=O) groups is 3. The van der Waals surface area contributed by atoms with Crippen LogP contribution in [0.15, 0.2) is 12.1 Å². The van der Waals surface area contributed by atoms with E-state index >= 15 is 0 Å². The smallest absolute Gasteiger partial charge is 0.326 e. The first-order valence-electron chi connectivity index (χ1n) is 6.37. The minimum absolute atomic E-state index is 0.162. The van der Waals surface area contributed by atoms with Gasteiger partial charge in [0, 0.05) is 16.2 Å². The van der Waals surface area contributed by atoms with Gasteiger partial charge >= 0.3 is 18.0 Å². The molecule has 8 heteroatoms. The van der Waals surface area contributed by atoms with Gasteiger partial charge in [0.05, 0.1) is 6.04 Å². The third-order valence-electron chi connectivity index (χ3n) is 2.79. The SMILES string of the molecule is Cc1ccc(C(C)NC(=O)N[C@@H](CCC(=O)O)C(=O)O)s1. The predicted molar refractivity (Wildman–Crippen MR) is 77.4 cm³/mol. The minimum atomic E-state index is -1.26. The van der Waals surface area contributed by atoms with E-state index in [1.807, 2.05) is 19.1 Å². The first kappa shape index (κ1) is 17.0. The number of amides is 2. The molecule has 0 aliphatic carbocycles. The van der Waals surface area contributed by atoms with Crippen LogP contribution in [0.25, 0.3) is 0 Å². The molecule has 0 bridgehead atoms. The summed E-state index contributed by atoms with van der Waals surface area (Å²) in [5, 5.41) is 22.4. The number of urea groups is 1. The summed E-state index contributed by atoms with van der Waals surface area (Å²) in [5.74, 6) is -2.36. The fraction of sp³-hybridized carbons (Fsp3) is 0.462. The van der Waals surface area contributed by atoms with Crippen LogP contribution in [0.4, 0.5) is 4.79 Å². The molecule has 0 saturated carbocycles. The quantitative estimate of drug-likeness (QED) is 0.612. The van der Waals surface area contributed by atoms with Crippen molar-refractivity contribution < 1.29 is 24.6 Å². The summed E-state index contributed by atoms with van der Waals surface area (Å²) in [5.41, 5.74) is 0. The molecule has 2 atom stereocenters. The van der Waals surface area contributed by atoms with Crippen LogP contribution in [0.3, 0.4) is 0 Å². The van der Waals surface area contributed by atoms with Gasteiger partial charge in [0.1, 0.15) is 6.04 Å². The normalized spacial score (nSPS) is 13.2. The van der Waals surface area contributed by atoms with Crippen LogP contribution in [-0.4, -0.2) is 34.2 Å². The number of carbonyl (C=O) groups excluding carboxylic acids is 1. The lowest BCUT2D eigenvalue weighted by Gasteiger charge is -2.17. The highest BCUT2D eigenvalue weighted by molar-refractivity contribution is 7.12. The molecule has 1 rings (SSSR count). The highest BCUT2D eigenvalue weighted by atomic mass is 32.1. The standard InChI is InChI=1S/C13H18N2O5S/c1-7-3-5-10(21-7)8(2)14-13(20)15-9(12(18)19)4-6-11(16)17/h3,5,8-9H,4,6H2,1-2H3,(H,16,17)(H,18,19)(H2,14,15,20)/t8?,9-/m0/s1. The van der Waals surface area contributed by atoms with Gasteiger partial charge in [0.15, 0.2) is 0 Å². The summed E-state index contributed by atoms with van der Waals surface area (Å²) < 4.78 is 0. The molecule has 0 aliphatic heterocycles. The van der Waals surface area contributed by atoms with E-state index in [0.29, 0.717) is 0 Å². The first-order chi connectivity index (χ1) is 9.79. The van der Waals surface area contributed by atoms with Crippen molar-refractivity contribution in [3.05, 3.63) is 21.9 Å². The second-order valence-electron chi connectivity index (χ2n) is 4.61. The first-order valence-corrected chi connectivity index (χ1v) is 7.19. The Balaban J connectivity index is 2.53. The molecule has 0 fully saturated rings. The number of aliphatic carboxylic acids is 2. The summed E-state index contributed by atoms with van der Waals surface area (Å²) >= 11 is 1.54. The van der Waals surface area contributed by atoms with Gasteiger partial charge in [-0.2, -0.15) is 0 Å². The van der Waals surface area contributed by atoms with Crippen LogP contribution in [-0.2, 0) is 9.59 Å². The fourth-order valence-electron chi connectivity index (χ4n) is 1.68. The Bertz CT molecular complexity index is 528. The Hall–Kier alpha value is -2.09. The summed E-state index contributed by atoms with van der Waals surface area (Å²) in [6, 6.07) is 1.72. The number of hydrogen-bond donors (Lipinski definition) is 4. The molecule has 1 unspecified atom stereocenters. The monoisotopic (exact) mass is 314 g/mol. The van der Waals surface area contributed by atoms with Crippen molar-refractivity contribution in [2.75, 3.05) is 0 Å². The van der Waals surface area contributed by atoms with Gasteiger partial charge in [0.25, 0.3) is 0 Å². The van der Waals surface area contributed by atoms with Crippen LogP contribution in [0.2, 0.25) is 0 Å². The van der Waals surface area contributed by atoms with E-state index < -0.39 is 24.0 Å². The highest BCUT2D eigenvalue weighted by Crippen LogP contribution is 2.22. The maximum absolute atomic E-state index is 11.8. The molecule has 116 valence electrons. The van der Waals surface area contributed by atoms with E-state index in [1.54, 1.807) is 18.3 Å². The Morgan fingerprint density at radius 3 is 2.38 bits per heavy atom. The number of rotatable bonds is 7. The van der Waals surface area contributed by atoms with Gasteiger partial charge in [-0.3, -0.25) is 4.79 Å². The number of nitrogens with one attached hydrogen (secondary N) is 2. The lowest BCUT2D eigenvalue weighted by molar-refractivity contribution is -0.140. The molecule has 1 aromatic heterocycles. The Labute approximate surface area is 126 Å². The van der Waals surface area contributed by atoms with Crippen molar-refractivity contribution in [2.45, 2.75) is 38.8 Å². The second-order valence-corrected chi connectivity index (χ2v) is 5.93. The van der Waals surface area contributed by atoms with E-state index in [4.69, 9.17) is 10.2 Å². The average molecular weight is 314 g/mol. The van der Waals surface area contributed by atoms with Crippen molar-refractivity contribution >= 4 is 29.3 Å². The van der Waals surface area contributed by atoms with E-state index in [9.17, 15) is 14.4 Å². The van der Waals surface area contributed by atoms with Crippen molar-refractivity contribution in [3.63, 3.8) is 0 Å². The number of hydrogen-bond acceptors (Lipinski definition) is 4. The highest BCUT2D eigenvalue weighted by Gasteiger charge is 2.22. The molecule has 0 saturated heterocycles. The molecule has 0 aromatic carbocycles. The molecule has 0 radical (unpaired) electrons. The molecule has 0 aliphatic rings. The van der Waals surface area contributed by atoms with Crippen LogP contribution < -0.4 is 10.6 Å². The second kappa shape index (κ2) is 7.63. The van der Waals surface area contributed by atoms with Crippen LogP contribution in [0.5, 0.6) is 0 Å². The van der Waals surface area contributed by atoms with E-state index in [0.717, 1.165) is 9.75 Å². The van der Waals surface area contributed by atoms with Crippen molar-refractivity contribution in [2.24, 2.45) is 0 Å². The van der Waals surface area contributed by atoms with Crippen molar-refractivity contribution in [3.8, 4) is 0 Å². The molecular weight excluding hydrogens is 296 g/mol. The molecule has 21 heavy (non-hydrogen) atoms. The molecular formula is C13H18N2O5S. The van der Waals surface area contributed by atoms with Gasteiger partial charge in [-0.25, -0.2) is 9.59 Å². The lowest BCUT2D eigenvalue weighted by atomic mass is 10.1. The van der Waals surface area contributed by atoms with Crippen molar-refractivity contribution in [1.29, 1.82) is 0 Å². The largest absolute Gasteiger partial charge is 0.481 e. The summed E-state index contributed by atoms with van der Waals surface area (Å²) in [4.78, 5) is 35.3. The topological polar surface area (TPSA) is 116 Å². The fourth-order valence-corrected chi connectivity index (χ4v) is 2.56. The Kier molecular flexibility index (Phi) is 6.16. The van der Waals surface area contributed by atoms with E-state index in [1.165, 1.54) is 0 Å². The predicted octanol–water partition coefficient (Wildman–Crippen LogP) is 1.73. The number of carboxylic acids is 2. The number of aryl methyl sites for hydroxylation is 1. The van der Waals surface area contributed by atoms with Gasteiger partial charge < -0.3 is 20.8 Å². The van der Waals surface area contributed by atoms with Crippen LogP contribution in [0.1, 0.15) is 35.6 Å². The van der Waals surface area contributed by atoms with Gasteiger partial charge in [-0.15, -0.1) is 11.3 Å². The van der Waals surface area contributed by atoms with Gasteiger partial charge in [-0.05, 0) is 32.4 Å². The maximum Gasteiger partial charge on any atom is 0.326 e. The molecule has 2 amide bonds. The van der Waals surface area contributed by atoms with Gasteiger partial charge in [-0.1, -0.05) is 0 Å². The third kappa shape index (κ3) is 5.82. The van der Waals surface area contributed by atoms with Gasteiger partial charge in [0.2, 0.25) is 0 Å². The Morgan fingerprint density at radius 1 is 1.24 bits per heavy atom. The van der Waals surface area contributed by atoms with Crippen molar-refractivity contribution in [1.82, 2.24) is 10.6 Å². The zero-order chi connectivity index (χ0) is 16.0. The number of carboxylic acid groups (broad SMARTS) is 2. The van der Waals surface area contributed by atoms with Crippen LogP contribution in [0, 0.1) is 6.92 Å². The van der Waals surface area contributed by atoms with E-state index in [-0.39, 0.29) is 18.9 Å². The molecule has 4 N–H and O–H groups in total. The van der Waals surface area contributed by atoms with Crippen LogP contribution >= 0.6 is 11.3 Å². The molecule has 1 heterocycles. The third-order valence-corrected chi connectivity index (χ3v) is 3.97. The molecule has 1 aromatic rings. The minimum Gasteiger partial charge on any atom is -0.481 e. The number of thiophene rings is 1. The lowest BCUT2D eigenvalue weighted by Crippen LogP contribution is -2.46. The Morgan fingerprint density at radius 2 is 1.90 bits per heavy atom. The average Bonchev–Trinajstić information content (AvgIpc) is 2.80. The molecule has 0 spiro atoms. The maximum atomic E-state index is 11.8. The summed E-state index contributed by atoms with van der Waals surface area (Å²) in [7, 11) is 0. The van der Waals surface area contributed by atoms with E-state index in [2.05, 4.69) is 10.6 Å². The summed E-state index contributed by atoms with van der Waals surface area (Å²) in [6.07, 6.45) is -0.485. The molecule has 7 nitrogen and oxygen atoms in total. The zero-order valence-electron chi connectivity index (χ0n) is 11.8. The summed E-state index contributed by atoms with van der Waals surface area (Å²) in [6.45, 7) is 3.74. The zero-order valence-corrected chi connectivity index (χ0v) is 12.6.